The van der Waals surface area contributed by atoms with Gasteiger partial charge in [-0.25, -0.2) is 9.66 Å². The summed E-state index contributed by atoms with van der Waals surface area (Å²) < 4.78 is 2.07. The van der Waals surface area contributed by atoms with Crippen LogP contribution in [0.5, 0.6) is 0 Å². The molecule has 0 N–H and O–H groups in total. The van der Waals surface area contributed by atoms with Crippen LogP contribution in [0.3, 0.4) is 0 Å². The maximum absolute atomic E-state index is 6.17. The molecule has 0 fully saturated rings. The lowest BCUT2D eigenvalue weighted by molar-refractivity contribution is 0.693. The Labute approximate surface area is 101 Å². The number of aryl methyl sites for hydroxylation is 1. The highest BCUT2D eigenvalue weighted by Crippen LogP contribution is 2.26. The average Bonchev–Trinajstić information content (AvgIpc) is 2.58. The van der Waals surface area contributed by atoms with Crippen LogP contribution in [0.1, 0.15) is 23.7 Å². The summed E-state index contributed by atoms with van der Waals surface area (Å²) in [6, 6.07) is 6.13. The van der Waals surface area contributed by atoms with Gasteiger partial charge in [-0.05, 0) is 25.5 Å². The molecule has 1 atom stereocenters. The van der Waals surface area contributed by atoms with Gasteiger partial charge in [0.15, 0.2) is 0 Å². The first kappa shape index (κ1) is 11.3. The number of alkyl halides is 1. The van der Waals surface area contributed by atoms with Crippen LogP contribution in [-0.4, -0.2) is 23.8 Å². The number of fused-ring (bicyclic) bond motifs is 1. The number of hydrogen-bond donors (Lipinski definition) is 0. The predicted molar refractivity (Wildman–Crippen MR) is 68.8 cm³/mol. The molecule has 0 spiro atoms. The molecule has 86 valence electrons. The van der Waals surface area contributed by atoms with Gasteiger partial charge in [-0.2, -0.15) is 0 Å². The Bertz CT molecular complexity index is 514. The maximum atomic E-state index is 6.17. The van der Waals surface area contributed by atoms with Crippen LogP contribution in [0.25, 0.3) is 11.0 Å². The van der Waals surface area contributed by atoms with Crippen LogP contribution in [0.4, 0.5) is 0 Å². The van der Waals surface area contributed by atoms with Crippen LogP contribution in [-0.2, 0) is 0 Å². The van der Waals surface area contributed by atoms with E-state index in [-0.39, 0.29) is 5.38 Å². The van der Waals surface area contributed by atoms with Crippen LogP contribution in [0.2, 0.25) is 0 Å². The smallest absolute Gasteiger partial charge is 0.146 e. The van der Waals surface area contributed by atoms with Gasteiger partial charge in [-0.15, -0.1) is 11.6 Å². The second-order valence-corrected chi connectivity index (χ2v) is 4.84. The predicted octanol–water partition coefficient (Wildman–Crippen LogP) is 2.84. The monoisotopic (exact) mass is 237 g/mol. The van der Waals surface area contributed by atoms with Gasteiger partial charge in [-0.1, -0.05) is 12.1 Å². The van der Waals surface area contributed by atoms with Crippen molar-refractivity contribution >= 4 is 22.6 Å². The van der Waals surface area contributed by atoms with Gasteiger partial charge in [0, 0.05) is 14.1 Å². The Balaban J connectivity index is 2.83. The number of para-hydroxylation sites is 1. The molecule has 1 aromatic heterocycles. The summed E-state index contributed by atoms with van der Waals surface area (Å²) in [5, 5.41) is 1.91. The Morgan fingerprint density at radius 2 is 2.06 bits per heavy atom. The summed E-state index contributed by atoms with van der Waals surface area (Å²) in [6.07, 6.45) is 0. The summed E-state index contributed by atoms with van der Waals surface area (Å²) in [5.74, 6) is 0.885. The minimum Gasteiger partial charge on any atom is -0.317 e. The molecule has 1 heterocycles. The third-order valence-corrected chi connectivity index (χ3v) is 2.83. The fourth-order valence-corrected chi connectivity index (χ4v) is 2.10. The quantitative estimate of drug-likeness (QED) is 0.749. The second-order valence-electron chi connectivity index (χ2n) is 4.19. The third-order valence-electron chi connectivity index (χ3n) is 2.64. The summed E-state index contributed by atoms with van der Waals surface area (Å²) in [6.45, 7) is 4.03. The van der Waals surface area contributed by atoms with E-state index in [9.17, 15) is 0 Å². The molecule has 0 saturated heterocycles. The van der Waals surface area contributed by atoms with Crippen molar-refractivity contribution in [3.8, 4) is 0 Å². The second kappa shape index (κ2) is 3.98. The van der Waals surface area contributed by atoms with Gasteiger partial charge in [0.1, 0.15) is 5.82 Å². The highest BCUT2D eigenvalue weighted by Gasteiger charge is 2.17. The normalized spacial score (nSPS) is 13.1. The summed E-state index contributed by atoms with van der Waals surface area (Å²) >= 11 is 6.17. The zero-order chi connectivity index (χ0) is 11.9. The number of halogens is 1. The molecule has 0 aliphatic heterocycles. The molecule has 1 unspecified atom stereocenters. The fourth-order valence-electron chi connectivity index (χ4n) is 1.96. The minimum absolute atomic E-state index is 0.103. The number of rotatable bonds is 2. The third kappa shape index (κ3) is 1.65. The van der Waals surface area contributed by atoms with Crippen molar-refractivity contribution in [3.63, 3.8) is 0 Å². The van der Waals surface area contributed by atoms with Gasteiger partial charge >= 0.3 is 0 Å². The van der Waals surface area contributed by atoms with Crippen LogP contribution in [0, 0.1) is 6.92 Å². The average molecular weight is 238 g/mol. The largest absolute Gasteiger partial charge is 0.317 e. The first-order valence-corrected chi connectivity index (χ1v) is 5.75. The van der Waals surface area contributed by atoms with E-state index >= 15 is 0 Å². The lowest BCUT2D eigenvalue weighted by Gasteiger charge is -2.19. The Morgan fingerprint density at radius 1 is 1.38 bits per heavy atom. The molecule has 1 aromatic carbocycles. The molecule has 0 aliphatic carbocycles. The molecule has 0 radical (unpaired) electrons. The first-order chi connectivity index (χ1) is 7.52. The van der Waals surface area contributed by atoms with E-state index in [2.05, 4.69) is 22.7 Å². The van der Waals surface area contributed by atoms with Crippen molar-refractivity contribution < 1.29 is 0 Å². The van der Waals surface area contributed by atoms with Crippen molar-refractivity contribution in [3.05, 3.63) is 29.6 Å². The standard InChI is InChI=1S/C12H16ClN3/c1-8-6-5-7-10-11(8)16(15(3)4)12(14-10)9(2)13/h5-7,9H,1-4H3. The van der Waals surface area contributed by atoms with E-state index in [1.54, 1.807) is 0 Å². The van der Waals surface area contributed by atoms with E-state index < -0.39 is 0 Å². The number of nitrogens with zero attached hydrogens (tertiary/aromatic N) is 3. The molecule has 0 bridgehead atoms. The maximum Gasteiger partial charge on any atom is 0.146 e. The van der Waals surface area contributed by atoms with Crippen LogP contribution < -0.4 is 5.01 Å². The van der Waals surface area contributed by atoms with E-state index in [1.165, 1.54) is 5.56 Å². The molecule has 0 aliphatic rings. The lowest BCUT2D eigenvalue weighted by atomic mass is 10.2. The Hall–Kier alpha value is -1.22. The highest BCUT2D eigenvalue weighted by atomic mass is 35.5. The van der Waals surface area contributed by atoms with Crippen molar-refractivity contribution in [2.24, 2.45) is 0 Å². The number of benzene rings is 1. The van der Waals surface area contributed by atoms with Gasteiger partial charge in [-0.3, -0.25) is 0 Å². The summed E-state index contributed by atoms with van der Waals surface area (Å²) in [5.41, 5.74) is 3.34. The van der Waals surface area contributed by atoms with Crippen LogP contribution >= 0.6 is 11.6 Å². The van der Waals surface area contributed by atoms with Crippen molar-refractivity contribution in [2.45, 2.75) is 19.2 Å². The summed E-state index contributed by atoms with van der Waals surface area (Å²) in [7, 11) is 3.99. The molecule has 2 aromatic rings. The van der Waals surface area contributed by atoms with Crippen LogP contribution in [0.15, 0.2) is 18.2 Å². The van der Waals surface area contributed by atoms with E-state index in [0.29, 0.717) is 0 Å². The number of imidazole rings is 1. The Morgan fingerprint density at radius 3 is 2.62 bits per heavy atom. The van der Waals surface area contributed by atoms with E-state index in [1.807, 2.05) is 38.2 Å². The first-order valence-electron chi connectivity index (χ1n) is 5.32. The SMILES string of the molecule is Cc1cccc2nc(C(C)Cl)n(N(C)C)c12. The zero-order valence-electron chi connectivity index (χ0n) is 10.0. The van der Waals surface area contributed by atoms with Gasteiger partial charge in [0.05, 0.1) is 16.4 Å². The molecule has 0 saturated carbocycles. The van der Waals surface area contributed by atoms with Crippen molar-refractivity contribution in [1.82, 2.24) is 9.66 Å². The molecular weight excluding hydrogens is 222 g/mol. The number of hydrogen-bond acceptors (Lipinski definition) is 2. The molecule has 4 heteroatoms. The molecule has 16 heavy (non-hydrogen) atoms. The van der Waals surface area contributed by atoms with E-state index in [0.717, 1.165) is 16.9 Å². The minimum atomic E-state index is -0.103. The molecule has 3 nitrogen and oxygen atoms in total. The van der Waals surface area contributed by atoms with Gasteiger partial charge in [0.2, 0.25) is 0 Å². The Kier molecular flexibility index (Phi) is 2.80. The van der Waals surface area contributed by atoms with Gasteiger partial charge in [0.25, 0.3) is 0 Å². The highest BCUT2D eigenvalue weighted by molar-refractivity contribution is 6.20. The molecule has 0 amide bonds. The number of aromatic nitrogens is 2. The van der Waals surface area contributed by atoms with E-state index in [4.69, 9.17) is 11.6 Å². The fraction of sp³-hybridized carbons (Fsp3) is 0.417. The zero-order valence-corrected chi connectivity index (χ0v) is 10.8. The molecular formula is C12H16ClN3. The lowest BCUT2D eigenvalue weighted by Crippen LogP contribution is -2.27. The van der Waals surface area contributed by atoms with Crippen molar-refractivity contribution in [2.75, 3.05) is 19.1 Å². The molecule has 2 rings (SSSR count). The summed E-state index contributed by atoms with van der Waals surface area (Å²) in [4.78, 5) is 4.58. The van der Waals surface area contributed by atoms with Gasteiger partial charge < -0.3 is 5.01 Å². The topological polar surface area (TPSA) is 21.1 Å². The van der Waals surface area contributed by atoms with Crippen molar-refractivity contribution in [1.29, 1.82) is 0 Å².